The molecule has 148 valence electrons. The van der Waals surface area contributed by atoms with E-state index in [0.29, 0.717) is 19.4 Å². The number of aliphatic carboxylic acids is 1. The number of nitrogens with zero attached hydrogens (tertiary/aromatic N) is 2. The molecule has 1 saturated carbocycles. The van der Waals surface area contributed by atoms with Gasteiger partial charge in [-0.3, -0.25) is 9.78 Å². The summed E-state index contributed by atoms with van der Waals surface area (Å²) in [5.74, 6) is -0.791. The van der Waals surface area contributed by atoms with Gasteiger partial charge in [-0.25, -0.2) is 0 Å². The summed E-state index contributed by atoms with van der Waals surface area (Å²) in [5.41, 5.74) is 8.64. The van der Waals surface area contributed by atoms with E-state index >= 15 is 0 Å². The van der Waals surface area contributed by atoms with Gasteiger partial charge in [0.25, 0.3) is 0 Å². The van der Waals surface area contributed by atoms with Gasteiger partial charge in [-0.05, 0) is 62.1 Å². The van der Waals surface area contributed by atoms with Crippen LogP contribution in [0.25, 0.3) is 0 Å². The maximum Gasteiger partial charge on any atom is 0.323 e. The number of hydrogen-bond acceptors (Lipinski definition) is 5. The van der Waals surface area contributed by atoms with E-state index in [-0.39, 0.29) is 5.92 Å². The number of aryl methyl sites for hydroxylation is 1. The number of rotatable bonds is 8. The van der Waals surface area contributed by atoms with Crippen molar-refractivity contribution < 1.29 is 14.7 Å². The summed E-state index contributed by atoms with van der Waals surface area (Å²) in [5, 5.41) is 13.4. The second-order valence-corrected chi connectivity index (χ2v) is 7.48. The number of carboxylic acids is 1. The highest BCUT2D eigenvalue weighted by Crippen LogP contribution is 2.39. The van der Waals surface area contributed by atoms with E-state index in [1.165, 1.54) is 5.56 Å². The van der Waals surface area contributed by atoms with Gasteiger partial charge in [-0.1, -0.05) is 41.6 Å². The molecule has 28 heavy (non-hydrogen) atoms. The Labute approximate surface area is 165 Å². The summed E-state index contributed by atoms with van der Waals surface area (Å²) in [6, 6.07) is 14.2. The summed E-state index contributed by atoms with van der Waals surface area (Å²) < 4.78 is 0. The zero-order chi connectivity index (χ0) is 20.0. The first kappa shape index (κ1) is 20.0. The molecular formula is C22H27N3O3. The second-order valence-electron chi connectivity index (χ2n) is 7.48. The summed E-state index contributed by atoms with van der Waals surface area (Å²) in [4.78, 5) is 21.2. The van der Waals surface area contributed by atoms with Crippen LogP contribution in [0.4, 0.5) is 0 Å². The molecule has 6 nitrogen and oxygen atoms in total. The Bertz CT molecular complexity index is 821. The van der Waals surface area contributed by atoms with Crippen molar-refractivity contribution in [3.63, 3.8) is 0 Å². The third-order valence-electron chi connectivity index (χ3n) is 5.35. The summed E-state index contributed by atoms with van der Waals surface area (Å²) in [6.07, 6.45) is 5.36. The van der Waals surface area contributed by atoms with E-state index in [4.69, 9.17) is 10.6 Å². The number of aromatic nitrogens is 1. The number of carbonyl (C=O) groups is 1. The molecule has 1 heterocycles. The first-order valence-corrected chi connectivity index (χ1v) is 9.67. The first-order chi connectivity index (χ1) is 13.5. The maximum atomic E-state index is 11.3. The molecule has 3 rings (SSSR count). The smallest absolute Gasteiger partial charge is 0.323 e. The Hall–Kier alpha value is -2.73. The van der Waals surface area contributed by atoms with Crippen molar-refractivity contribution in [1.29, 1.82) is 0 Å². The van der Waals surface area contributed by atoms with Crippen molar-refractivity contribution in [3.05, 3.63) is 65.5 Å². The normalized spacial score (nSPS) is 22.2. The molecule has 0 saturated heterocycles. The third kappa shape index (κ3) is 4.95. The van der Waals surface area contributed by atoms with Crippen LogP contribution >= 0.6 is 0 Å². The predicted molar refractivity (Wildman–Crippen MR) is 108 cm³/mol. The van der Waals surface area contributed by atoms with Crippen LogP contribution in [0.3, 0.4) is 0 Å². The van der Waals surface area contributed by atoms with E-state index in [1.807, 2.05) is 37.3 Å². The Morgan fingerprint density at radius 2 is 2.11 bits per heavy atom. The molecule has 0 aliphatic heterocycles. The van der Waals surface area contributed by atoms with Crippen molar-refractivity contribution in [3.8, 4) is 0 Å². The van der Waals surface area contributed by atoms with Crippen LogP contribution in [0.5, 0.6) is 0 Å². The highest BCUT2D eigenvalue weighted by Gasteiger charge is 2.42. The Balaban J connectivity index is 1.49. The van der Waals surface area contributed by atoms with Crippen LogP contribution in [0.1, 0.15) is 55.3 Å². The maximum absolute atomic E-state index is 11.3. The van der Waals surface area contributed by atoms with E-state index in [9.17, 15) is 9.90 Å². The van der Waals surface area contributed by atoms with E-state index < -0.39 is 11.5 Å². The monoisotopic (exact) mass is 381 g/mol. The molecule has 2 unspecified atom stereocenters. The molecule has 0 radical (unpaired) electrons. The number of carboxylic acid groups (broad SMARTS) is 1. The van der Waals surface area contributed by atoms with E-state index in [0.717, 1.165) is 36.2 Å². The average Bonchev–Trinajstić information content (AvgIpc) is 3.12. The Morgan fingerprint density at radius 1 is 1.32 bits per heavy atom. The van der Waals surface area contributed by atoms with Gasteiger partial charge in [-0.2, -0.15) is 0 Å². The van der Waals surface area contributed by atoms with Crippen molar-refractivity contribution in [1.82, 2.24) is 4.98 Å². The lowest BCUT2D eigenvalue weighted by Gasteiger charge is -2.18. The number of oxime groups is 1. The number of hydrogen-bond donors (Lipinski definition) is 2. The standard InChI is InChI=1S/C22H27N3O3/c1-16(25-28-13-5-8-17-6-3-2-4-7-17)20-10-9-19(15-24-20)18-11-12-22(23,14-18)21(26)27/h2-4,6-7,9-10,15,18H,5,8,11-14,23H2,1H3,(H,26,27)/b25-16+. The SMILES string of the molecule is C/C(=N\OCCCc1ccccc1)c1ccc(C2CCC(N)(C(=O)O)C2)cn1. The minimum Gasteiger partial charge on any atom is -0.480 e. The van der Waals surface area contributed by atoms with Gasteiger partial charge in [-0.15, -0.1) is 0 Å². The fraction of sp³-hybridized carbons (Fsp3) is 0.409. The number of pyridine rings is 1. The van der Waals surface area contributed by atoms with Gasteiger partial charge >= 0.3 is 5.97 Å². The highest BCUT2D eigenvalue weighted by molar-refractivity contribution is 5.96. The second kappa shape index (κ2) is 8.97. The van der Waals surface area contributed by atoms with Crippen LogP contribution in [-0.2, 0) is 16.1 Å². The quantitative estimate of drug-likeness (QED) is 0.414. The molecule has 6 heteroatoms. The van der Waals surface area contributed by atoms with Gasteiger partial charge in [0.05, 0.1) is 5.69 Å². The molecule has 2 atom stereocenters. The van der Waals surface area contributed by atoms with Crippen LogP contribution in [0.2, 0.25) is 0 Å². The summed E-state index contributed by atoms with van der Waals surface area (Å²) >= 11 is 0. The van der Waals surface area contributed by atoms with Crippen molar-refractivity contribution in [2.45, 2.75) is 50.5 Å². The molecule has 1 aliphatic rings. The molecular weight excluding hydrogens is 354 g/mol. The van der Waals surface area contributed by atoms with Gasteiger partial charge < -0.3 is 15.7 Å². The number of nitrogens with two attached hydrogens (primary N) is 1. The molecule has 3 N–H and O–H groups in total. The zero-order valence-electron chi connectivity index (χ0n) is 16.2. The zero-order valence-corrected chi connectivity index (χ0v) is 16.2. The molecule has 0 amide bonds. The Kier molecular flexibility index (Phi) is 6.41. The van der Waals surface area contributed by atoms with E-state index in [2.05, 4.69) is 22.3 Å². The van der Waals surface area contributed by atoms with Crippen molar-refractivity contribution in [2.24, 2.45) is 10.9 Å². The molecule has 1 aromatic heterocycles. The molecule has 1 fully saturated rings. The lowest BCUT2D eigenvalue weighted by Crippen LogP contribution is -2.45. The Morgan fingerprint density at radius 3 is 2.75 bits per heavy atom. The van der Waals surface area contributed by atoms with Crippen LogP contribution in [-0.4, -0.2) is 33.9 Å². The van der Waals surface area contributed by atoms with Crippen LogP contribution in [0.15, 0.2) is 53.8 Å². The van der Waals surface area contributed by atoms with Gasteiger partial charge in [0.2, 0.25) is 0 Å². The first-order valence-electron chi connectivity index (χ1n) is 9.67. The van der Waals surface area contributed by atoms with Crippen LogP contribution in [0, 0.1) is 0 Å². The lowest BCUT2D eigenvalue weighted by atomic mass is 9.94. The predicted octanol–water partition coefficient (Wildman–Crippen LogP) is 3.50. The number of benzene rings is 1. The largest absolute Gasteiger partial charge is 0.480 e. The van der Waals surface area contributed by atoms with Crippen molar-refractivity contribution in [2.75, 3.05) is 6.61 Å². The molecule has 0 spiro atoms. The third-order valence-corrected chi connectivity index (χ3v) is 5.35. The fourth-order valence-electron chi connectivity index (χ4n) is 3.59. The van der Waals surface area contributed by atoms with Gasteiger partial charge in [0, 0.05) is 6.20 Å². The summed E-state index contributed by atoms with van der Waals surface area (Å²) in [6.45, 7) is 2.42. The van der Waals surface area contributed by atoms with Gasteiger partial charge in [0.15, 0.2) is 0 Å². The summed E-state index contributed by atoms with van der Waals surface area (Å²) in [7, 11) is 0. The van der Waals surface area contributed by atoms with E-state index in [1.54, 1.807) is 6.20 Å². The molecule has 0 bridgehead atoms. The lowest BCUT2D eigenvalue weighted by molar-refractivity contribution is -0.143. The highest BCUT2D eigenvalue weighted by atomic mass is 16.6. The average molecular weight is 381 g/mol. The van der Waals surface area contributed by atoms with Gasteiger partial charge in [0.1, 0.15) is 17.9 Å². The topological polar surface area (TPSA) is 97.8 Å². The molecule has 2 aromatic rings. The molecule has 1 aromatic carbocycles. The fourth-order valence-corrected chi connectivity index (χ4v) is 3.59. The minimum absolute atomic E-state index is 0.133. The van der Waals surface area contributed by atoms with Crippen molar-refractivity contribution >= 4 is 11.7 Å². The molecule has 1 aliphatic carbocycles. The van der Waals surface area contributed by atoms with Crippen LogP contribution < -0.4 is 5.73 Å². The minimum atomic E-state index is -1.12.